The predicted molar refractivity (Wildman–Crippen MR) is 68.5 cm³/mol. The molecule has 0 radical (unpaired) electrons. The number of aliphatic hydroxyl groups is 1. The molecule has 0 unspecified atom stereocenters. The zero-order chi connectivity index (χ0) is 12.3. The Bertz CT molecular complexity index is 372. The van der Waals surface area contributed by atoms with Crippen molar-refractivity contribution in [3.63, 3.8) is 0 Å². The molecule has 17 heavy (non-hydrogen) atoms. The normalized spacial score (nSPS) is 16.9. The van der Waals surface area contributed by atoms with Gasteiger partial charge in [0.15, 0.2) is 0 Å². The molecule has 3 heteroatoms. The average Bonchev–Trinajstić information content (AvgIpc) is 2.26. The molecule has 0 aliphatic carbocycles. The van der Waals surface area contributed by atoms with E-state index in [4.69, 9.17) is 9.84 Å². The van der Waals surface area contributed by atoms with E-state index in [1.807, 2.05) is 6.07 Å². The minimum Gasteiger partial charge on any atom is -0.494 e. The van der Waals surface area contributed by atoms with E-state index in [0.29, 0.717) is 0 Å². The Labute approximate surface area is 103 Å². The lowest BCUT2D eigenvalue weighted by Crippen LogP contribution is -2.50. The lowest BCUT2D eigenvalue weighted by Gasteiger charge is -2.35. The molecule has 0 atom stereocenters. The molecule has 0 bridgehead atoms. The molecule has 0 amide bonds. The summed E-state index contributed by atoms with van der Waals surface area (Å²) in [6.07, 6.45) is 0.912. The first-order chi connectivity index (χ1) is 8.15. The van der Waals surface area contributed by atoms with Crippen LogP contribution >= 0.6 is 0 Å². The summed E-state index contributed by atoms with van der Waals surface area (Å²) in [7, 11) is 0. The summed E-state index contributed by atoms with van der Waals surface area (Å²) in [5.41, 5.74) is 2.57. The van der Waals surface area contributed by atoms with Crippen molar-refractivity contribution in [1.29, 1.82) is 0 Å². The van der Waals surface area contributed by atoms with Crippen LogP contribution in [0, 0.1) is 13.8 Å². The van der Waals surface area contributed by atoms with Gasteiger partial charge in [-0.2, -0.15) is 0 Å². The molecule has 1 N–H and O–H groups in total. The largest absolute Gasteiger partial charge is 0.494 e. The number of aryl methyl sites for hydroxylation is 2. The van der Waals surface area contributed by atoms with E-state index < -0.39 is 0 Å². The maximum atomic E-state index is 9.14. The van der Waals surface area contributed by atoms with Crippen molar-refractivity contribution >= 4 is 0 Å². The maximum absolute atomic E-state index is 9.14. The van der Waals surface area contributed by atoms with Gasteiger partial charge in [-0.15, -0.1) is 0 Å². The van der Waals surface area contributed by atoms with Crippen LogP contribution in [-0.2, 0) is 0 Å². The third-order valence-electron chi connectivity index (χ3n) is 3.30. The first kappa shape index (κ1) is 12.4. The number of nitrogens with zero attached hydrogens (tertiary/aromatic N) is 1. The lowest BCUT2D eigenvalue weighted by molar-refractivity contribution is 0.0000472. The van der Waals surface area contributed by atoms with E-state index in [0.717, 1.165) is 38.4 Å². The summed E-state index contributed by atoms with van der Waals surface area (Å²) >= 11 is 0. The van der Waals surface area contributed by atoms with E-state index in [2.05, 4.69) is 30.9 Å². The van der Waals surface area contributed by atoms with Crippen LogP contribution in [0.2, 0.25) is 0 Å². The molecule has 2 rings (SSSR count). The summed E-state index contributed by atoms with van der Waals surface area (Å²) < 4.78 is 5.70. The highest BCUT2D eigenvalue weighted by Crippen LogP contribution is 2.16. The molecule has 3 nitrogen and oxygen atoms in total. The molecule has 1 heterocycles. The van der Waals surface area contributed by atoms with E-state index in [-0.39, 0.29) is 6.10 Å². The quantitative estimate of drug-likeness (QED) is 0.789. The predicted octanol–water partition coefficient (Wildman–Crippen LogP) is 1.75. The number of rotatable bonds is 5. The third kappa shape index (κ3) is 3.45. The smallest absolute Gasteiger partial charge is 0.119 e. The first-order valence-corrected chi connectivity index (χ1v) is 6.25. The Morgan fingerprint density at radius 1 is 1.29 bits per heavy atom. The highest BCUT2D eigenvalue weighted by molar-refractivity contribution is 5.33. The zero-order valence-electron chi connectivity index (χ0n) is 10.6. The molecular weight excluding hydrogens is 214 g/mol. The SMILES string of the molecule is Cc1ccc(OCCCN2CC(O)C2)cc1C. The second-order valence-electron chi connectivity index (χ2n) is 4.86. The van der Waals surface area contributed by atoms with Crippen molar-refractivity contribution in [3.8, 4) is 5.75 Å². The molecule has 0 spiro atoms. The van der Waals surface area contributed by atoms with E-state index in [1.165, 1.54) is 11.1 Å². The highest BCUT2D eigenvalue weighted by atomic mass is 16.5. The molecule has 1 aliphatic rings. The van der Waals surface area contributed by atoms with Gasteiger partial charge in [0.25, 0.3) is 0 Å². The molecule has 0 saturated carbocycles. The Morgan fingerprint density at radius 2 is 2.06 bits per heavy atom. The minimum atomic E-state index is -0.101. The summed E-state index contributed by atoms with van der Waals surface area (Å²) in [5.74, 6) is 0.955. The molecule has 1 aromatic carbocycles. The Morgan fingerprint density at radius 3 is 2.71 bits per heavy atom. The van der Waals surface area contributed by atoms with Crippen molar-refractivity contribution < 1.29 is 9.84 Å². The number of β-amino-alcohol motifs (C(OH)–C–C–N with tert-alkyl or cyclic N) is 1. The Balaban J connectivity index is 1.66. The Hall–Kier alpha value is -1.06. The van der Waals surface area contributed by atoms with Gasteiger partial charge in [0.2, 0.25) is 0 Å². The van der Waals surface area contributed by atoms with Crippen molar-refractivity contribution in [2.75, 3.05) is 26.2 Å². The summed E-state index contributed by atoms with van der Waals surface area (Å²) in [4.78, 5) is 2.24. The number of likely N-dealkylation sites (tertiary alicyclic amines) is 1. The first-order valence-electron chi connectivity index (χ1n) is 6.25. The van der Waals surface area contributed by atoms with Crippen molar-refractivity contribution in [2.24, 2.45) is 0 Å². The van der Waals surface area contributed by atoms with Crippen LogP contribution in [0.5, 0.6) is 5.75 Å². The van der Waals surface area contributed by atoms with Crippen LogP contribution in [-0.4, -0.2) is 42.4 Å². The van der Waals surface area contributed by atoms with E-state index >= 15 is 0 Å². The topological polar surface area (TPSA) is 32.7 Å². The van der Waals surface area contributed by atoms with Crippen molar-refractivity contribution in [2.45, 2.75) is 26.4 Å². The second-order valence-corrected chi connectivity index (χ2v) is 4.86. The highest BCUT2D eigenvalue weighted by Gasteiger charge is 2.22. The van der Waals surface area contributed by atoms with Gasteiger partial charge in [-0.25, -0.2) is 0 Å². The molecular formula is C14H21NO2. The molecule has 1 fully saturated rings. The molecule has 1 aromatic rings. The van der Waals surface area contributed by atoms with Crippen LogP contribution < -0.4 is 4.74 Å². The fourth-order valence-electron chi connectivity index (χ4n) is 2.01. The number of hydrogen-bond acceptors (Lipinski definition) is 3. The fourth-order valence-corrected chi connectivity index (χ4v) is 2.01. The summed E-state index contributed by atoms with van der Waals surface area (Å²) in [5, 5.41) is 9.14. The lowest BCUT2D eigenvalue weighted by atomic mass is 10.1. The maximum Gasteiger partial charge on any atom is 0.119 e. The summed E-state index contributed by atoms with van der Waals surface area (Å²) in [6.45, 7) is 7.61. The standard InChI is InChI=1S/C14H21NO2/c1-11-4-5-14(8-12(11)2)17-7-3-6-15-9-13(16)10-15/h4-5,8,13,16H,3,6-7,9-10H2,1-2H3. The van der Waals surface area contributed by atoms with E-state index in [1.54, 1.807) is 0 Å². The van der Waals surface area contributed by atoms with Gasteiger partial charge in [-0.3, -0.25) is 4.90 Å². The number of benzene rings is 1. The van der Waals surface area contributed by atoms with Crippen molar-refractivity contribution in [1.82, 2.24) is 4.90 Å². The second kappa shape index (κ2) is 5.52. The van der Waals surface area contributed by atoms with Gasteiger partial charge >= 0.3 is 0 Å². The van der Waals surface area contributed by atoms with Crippen LogP contribution in [0.4, 0.5) is 0 Å². The molecule has 94 valence electrons. The van der Waals surface area contributed by atoms with Crippen molar-refractivity contribution in [3.05, 3.63) is 29.3 Å². The average molecular weight is 235 g/mol. The Kier molecular flexibility index (Phi) is 4.02. The number of ether oxygens (including phenoxy) is 1. The molecule has 1 saturated heterocycles. The monoisotopic (exact) mass is 235 g/mol. The minimum absolute atomic E-state index is 0.101. The van der Waals surface area contributed by atoms with Gasteiger partial charge in [0.1, 0.15) is 5.75 Å². The third-order valence-corrected chi connectivity index (χ3v) is 3.30. The van der Waals surface area contributed by atoms with Crippen LogP contribution in [0.1, 0.15) is 17.5 Å². The van der Waals surface area contributed by atoms with Gasteiger partial charge in [0, 0.05) is 19.6 Å². The van der Waals surface area contributed by atoms with Crippen LogP contribution in [0.25, 0.3) is 0 Å². The fraction of sp³-hybridized carbons (Fsp3) is 0.571. The van der Waals surface area contributed by atoms with Gasteiger partial charge < -0.3 is 9.84 Å². The molecule has 0 aromatic heterocycles. The number of hydrogen-bond donors (Lipinski definition) is 1. The number of aliphatic hydroxyl groups excluding tert-OH is 1. The summed E-state index contributed by atoms with van der Waals surface area (Å²) in [6, 6.07) is 6.20. The van der Waals surface area contributed by atoms with E-state index in [9.17, 15) is 0 Å². The van der Waals surface area contributed by atoms with Crippen LogP contribution in [0.3, 0.4) is 0 Å². The molecule has 1 aliphatic heterocycles. The van der Waals surface area contributed by atoms with Crippen LogP contribution in [0.15, 0.2) is 18.2 Å². The van der Waals surface area contributed by atoms with Gasteiger partial charge in [-0.1, -0.05) is 6.07 Å². The zero-order valence-corrected chi connectivity index (χ0v) is 10.6. The van der Waals surface area contributed by atoms with Gasteiger partial charge in [-0.05, 0) is 43.5 Å². The van der Waals surface area contributed by atoms with Gasteiger partial charge in [0.05, 0.1) is 12.7 Å².